The van der Waals surface area contributed by atoms with Crippen molar-refractivity contribution < 1.29 is 18.1 Å². The highest BCUT2D eigenvalue weighted by molar-refractivity contribution is 7.90. The van der Waals surface area contributed by atoms with Gasteiger partial charge < -0.3 is 4.74 Å². The van der Waals surface area contributed by atoms with Gasteiger partial charge in [0.05, 0.1) is 19.2 Å². The number of rotatable bonds is 5. The van der Waals surface area contributed by atoms with Crippen LogP contribution in [0.1, 0.15) is 12.5 Å². The zero-order valence-corrected chi connectivity index (χ0v) is 13.4. The zero-order chi connectivity index (χ0) is 16.0. The molecule has 0 aromatic heterocycles. The van der Waals surface area contributed by atoms with Crippen molar-refractivity contribution in [2.24, 2.45) is 0 Å². The molecule has 2 rings (SSSR count). The van der Waals surface area contributed by atoms with E-state index in [-0.39, 0.29) is 4.90 Å². The van der Waals surface area contributed by atoms with E-state index >= 15 is 0 Å². The van der Waals surface area contributed by atoms with Crippen molar-refractivity contribution in [2.45, 2.75) is 11.8 Å². The number of benzene rings is 2. The fourth-order valence-corrected chi connectivity index (χ4v) is 3.03. The number of sulfonamides is 1. The quantitative estimate of drug-likeness (QED) is 0.624. The molecule has 0 radical (unpaired) electrons. The lowest BCUT2D eigenvalue weighted by Gasteiger charge is -2.06. The van der Waals surface area contributed by atoms with Crippen LogP contribution in [0.3, 0.4) is 0 Å². The van der Waals surface area contributed by atoms with Crippen LogP contribution in [0.15, 0.2) is 59.5 Å². The van der Waals surface area contributed by atoms with E-state index in [0.29, 0.717) is 18.2 Å². The van der Waals surface area contributed by atoms with Crippen molar-refractivity contribution in [1.82, 2.24) is 4.72 Å². The maximum atomic E-state index is 12.4. The van der Waals surface area contributed by atoms with E-state index in [1.807, 2.05) is 37.3 Å². The maximum absolute atomic E-state index is 12.4. The summed E-state index contributed by atoms with van der Waals surface area (Å²) in [5.41, 5.74) is 0.763. The second kappa shape index (κ2) is 7.09. The molecule has 116 valence electrons. The third-order valence-corrected chi connectivity index (χ3v) is 4.36. The summed E-state index contributed by atoms with van der Waals surface area (Å²) >= 11 is 0. The molecule has 0 bridgehead atoms. The van der Waals surface area contributed by atoms with Gasteiger partial charge in [0, 0.05) is 0 Å². The first-order chi connectivity index (χ1) is 10.6. The Kier molecular flexibility index (Phi) is 5.16. The van der Waals surface area contributed by atoms with E-state index in [0.717, 1.165) is 5.56 Å². The van der Waals surface area contributed by atoms with Crippen LogP contribution >= 0.6 is 0 Å². The molecule has 0 spiro atoms. The Bertz CT molecular complexity index is 739. The van der Waals surface area contributed by atoms with Crippen molar-refractivity contribution >= 4 is 15.9 Å². The molecule has 0 saturated heterocycles. The Morgan fingerprint density at radius 1 is 1.09 bits per heavy atom. The summed E-state index contributed by atoms with van der Waals surface area (Å²) < 4.78 is 32.7. The molecule has 0 aliphatic carbocycles. The van der Waals surface area contributed by atoms with E-state index in [1.165, 1.54) is 12.1 Å². The molecular formula is C16H19N2O3S+. The molecule has 0 atom stereocenters. The highest BCUT2D eigenvalue weighted by atomic mass is 32.2. The van der Waals surface area contributed by atoms with Crippen molar-refractivity contribution in [2.75, 3.05) is 13.7 Å². The van der Waals surface area contributed by atoms with Crippen LogP contribution < -0.4 is 14.5 Å². The van der Waals surface area contributed by atoms with Crippen LogP contribution in [0.5, 0.6) is 5.75 Å². The van der Waals surface area contributed by atoms with E-state index in [1.54, 1.807) is 19.2 Å². The molecule has 0 saturated carbocycles. The molecule has 0 heterocycles. The Labute approximate surface area is 130 Å². The topological polar surface area (TPSA) is 69.4 Å². The molecule has 2 N–H and O–H groups in total. The Balaban J connectivity index is 2.23. The van der Waals surface area contributed by atoms with Gasteiger partial charge in [-0.05, 0) is 43.3 Å². The van der Waals surface area contributed by atoms with Gasteiger partial charge in [0.1, 0.15) is 10.6 Å². The summed E-state index contributed by atoms with van der Waals surface area (Å²) in [6.07, 6.45) is 0. The van der Waals surface area contributed by atoms with Gasteiger partial charge in [-0.15, -0.1) is 0 Å². The number of ether oxygens (including phenoxy) is 1. The fraction of sp³-hybridized carbons (Fsp3) is 0.188. The van der Waals surface area contributed by atoms with Gasteiger partial charge in [-0.3, -0.25) is 4.99 Å². The highest BCUT2D eigenvalue weighted by Gasteiger charge is 2.23. The second-order valence-corrected chi connectivity index (χ2v) is 6.18. The smallest absolute Gasteiger partial charge is 0.328 e. The van der Waals surface area contributed by atoms with Crippen molar-refractivity contribution in [3.05, 3.63) is 60.2 Å². The minimum atomic E-state index is -3.66. The lowest BCUT2D eigenvalue weighted by molar-refractivity contribution is -0.420. The van der Waals surface area contributed by atoms with Crippen LogP contribution in [0.4, 0.5) is 0 Å². The van der Waals surface area contributed by atoms with Crippen LogP contribution in [0, 0.1) is 0 Å². The first-order valence-corrected chi connectivity index (χ1v) is 8.41. The van der Waals surface area contributed by atoms with Crippen molar-refractivity contribution in [1.29, 1.82) is 0 Å². The van der Waals surface area contributed by atoms with Gasteiger partial charge in [-0.1, -0.05) is 18.2 Å². The first-order valence-electron chi connectivity index (χ1n) is 6.92. The number of nitrogens with one attached hydrogen (secondary N) is 2. The third kappa shape index (κ3) is 3.85. The molecule has 0 amide bonds. The van der Waals surface area contributed by atoms with Gasteiger partial charge in [0.2, 0.25) is 0 Å². The monoisotopic (exact) mass is 319 g/mol. The molecular weight excluding hydrogens is 300 g/mol. The number of hydrogen-bond acceptors (Lipinski definition) is 3. The van der Waals surface area contributed by atoms with Crippen LogP contribution in [-0.2, 0) is 10.0 Å². The van der Waals surface area contributed by atoms with E-state index in [4.69, 9.17) is 4.74 Å². The minimum absolute atomic E-state index is 0.180. The Hall–Kier alpha value is -2.34. The zero-order valence-electron chi connectivity index (χ0n) is 12.5. The summed E-state index contributed by atoms with van der Waals surface area (Å²) in [7, 11) is -1.99. The van der Waals surface area contributed by atoms with Crippen molar-refractivity contribution in [3.63, 3.8) is 0 Å². The molecule has 6 heteroatoms. The van der Waals surface area contributed by atoms with Crippen molar-refractivity contribution in [3.8, 4) is 5.75 Å². The standard InChI is InChI=1S/C16H18N2O3S/c1-3-21-14-9-11-15(12-10-14)22(19,20)18-16(17-2)13-7-5-4-6-8-13/h4-12H,3H2,1-2H3,(H,17,18)/p+1. The molecule has 0 unspecified atom stereocenters. The predicted molar refractivity (Wildman–Crippen MR) is 85.4 cm³/mol. The summed E-state index contributed by atoms with van der Waals surface area (Å²) in [6.45, 7) is 2.41. The SMILES string of the molecule is CCOc1ccc(S(=O)(=O)NC(=[NH+]C)c2ccccc2)cc1. The number of amidine groups is 1. The van der Waals surface area contributed by atoms with Gasteiger partial charge in [0.15, 0.2) is 0 Å². The minimum Gasteiger partial charge on any atom is -0.494 e. The molecule has 5 nitrogen and oxygen atoms in total. The summed E-state index contributed by atoms with van der Waals surface area (Å²) in [4.78, 5) is 3.06. The lowest BCUT2D eigenvalue weighted by Crippen LogP contribution is -2.72. The largest absolute Gasteiger partial charge is 0.494 e. The molecule has 2 aromatic carbocycles. The molecule has 0 aliphatic rings. The molecule has 0 fully saturated rings. The third-order valence-electron chi connectivity index (χ3n) is 2.99. The normalized spacial score (nSPS) is 12.0. The van der Waals surface area contributed by atoms with E-state index in [2.05, 4.69) is 9.71 Å². The Morgan fingerprint density at radius 3 is 2.27 bits per heavy atom. The predicted octanol–water partition coefficient (Wildman–Crippen LogP) is 0.521. The van der Waals surface area contributed by atoms with E-state index in [9.17, 15) is 8.42 Å². The van der Waals surface area contributed by atoms with Crippen LogP contribution in [-0.4, -0.2) is 27.9 Å². The van der Waals surface area contributed by atoms with Gasteiger partial charge in [-0.2, -0.15) is 13.1 Å². The Morgan fingerprint density at radius 2 is 1.73 bits per heavy atom. The molecule has 0 aliphatic heterocycles. The fourth-order valence-electron chi connectivity index (χ4n) is 1.93. The second-order valence-electron chi connectivity index (χ2n) is 4.50. The van der Waals surface area contributed by atoms with Gasteiger partial charge in [0.25, 0.3) is 5.84 Å². The van der Waals surface area contributed by atoms with Gasteiger partial charge >= 0.3 is 10.0 Å². The average Bonchev–Trinajstić information content (AvgIpc) is 2.54. The summed E-state index contributed by atoms with van der Waals surface area (Å²) in [6, 6.07) is 15.5. The average molecular weight is 319 g/mol. The number of hydrogen-bond donors (Lipinski definition) is 2. The van der Waals surface area contributed by atoms with Crippen LogP contribution in [0.25, 0.3) is 0 Å². The van der Waals surface area contributed by atoms with E-state index < -0.39 is 10.0 Å². The molecule has 22 heavy (non-hydrogen) atoms. The maximum Gasteiger partial charge on any atom is 0.328 e. The summed E-state index contributed by atoms with van der Waals surface area (Å²) in [5.74, 6) is 1.07. The first kappa shape index (κ1) is 16.0. The lowest BCUT2D eigenvalue weighted by atomic mass is 10.2. The molecule has 2 aromatic rings. The van der Waals surface area contributed by atoms with Gasteiger partial charge in [-0.25, -0.2) is 0 Å². The van der Waals surface area contributed by atoms with Crippen LogP contribution in [0.2, 0.25) is 0 Å². The summed E-state index contributed by atoms with van der Waals surface area (Å²) in [5, 5.41) is 0. The highest BCUT2D eigenvalue weighted by Crippen LogP contribution is 2.16.